The second kappa shape index (κ2) is 7.36. The number of allylic oxidation sites excluding steroid dienone is 1. The molecule has 0 aromatic heterocycles. The number of carbonyl (C=O) groups excluding carboxylic acids is 1. The Bertz CT molecular complexity index is 235. The number of hydrogen-bond acceptors (Lipinski definition) is 2. The van der Waals surface area contributed by atoms with E-state index in [0.717, 1.165) is 5.57 Å². The van der Waals surface area contributed by atoms with Gasteiger partial charge >= 0.3 is 5.97 Å². The number of halogens is 2. The van der Waals surface area contributed by atoms with Gasteiger partial charge in [0, 0.05) is 18.9 Å². The molecule has 1 saturated carbocycles. The first-order valence-corrected chi connectivity index (χ1v) is 5.77. The molecule has 0 aliphatic heterocycles. The van der Waals surface area contributed by atoms with Crippen LogP contribution in [0.1, 0.15) is 46.5 Å². The van der Waals surface area contributed by atoms with Crippen LogP contribution in [0.2, 0.25) is 0 Å². The normalized spacial score (nSPS) is 18.2. The van der Waals surface area contributed by atoms with Crippen LogP contribution in [-0.2, 0) is 9.53 Å². The highest BCUT2D eigenvalue weighted by Crippen LogP contribution is 2.35. The van der Waals surface area contributed by atoms with Gasteiger partial charge in [0.1, 0.15) is 0 Å². The summed E-state index contributed by atoms with van der Waals surface area (Å²) in [5.74, 6) is -2.97. The molecule has 0 bridgehead atoms. The van der Waals surface area contributed by atoms with E-state index in [2.05, 4.69) is 0 Å². The summed E-state index contributed by atoms with van der Waals surface area (Å²) in [4.78, 5) is 11.0. The molecule has 0 N–H and O–H groups in total. The van der Waals surface area contributed by atoms with Crippen molar-refractivity contribution in [2.24, 2.45) is 0 Å². The summed E-state index contributed by atoms with van der Waals surface area (Å²) < 4.78 is 30.1. The van der Waals surface area contributed by atoms with Crippen LogP contribution in [0.4, 0.5) is 8.78 Å². The number of ether oxygens (including phenoxy) is 1. The van der Waals surface area contributed by atoms with Gasteiger partial charge in [-0.1, -0.05) is 19.4 Å². The van der Waals surface area contributed by atoms with E-state index in [1.807, 2.05) is 13.8 Å². The monoisotopic (exact) mass is 234 g/mol. The van der Waals surface area contributed by atoms with Gasteiger partial charge in [0.05, 0.1) is 6.61 Å². The van der Waals surface area contributed by atoms with Crippen LogP contribution in [0.3, 0.4) is 0 Å². The molecule has 0 aromatic rings. The Balaban J connectivity index is 0.00000106. The first-order valence-electron chi connectivity index (χ1n) is 5.77. The molecule has 0 spiro atoms. The number of alkyl halides is 2. The Labute approximate surface area is 95.7 Å². The van der Waals surface area contributed by atoms with E-state index in [9.17, 15) is 13.6 Å². The zero-order valence-electron chi connectivity index (χ0n) is 10.2. The molecule has 0 unspecified atom stereocenters. The van der Waals surface area contributed by atoms with E-state index in [0.29, 0.717) is 19.4 Å². The summed E-state index contributed by atoms with van der Waals surface area (Å²) >= 11 is 0. The average molecular weight is 234 g/mol. The summed E-state index contributed by atoms with van der Waals surface area (Å²) in [7, 11) is 0. The molecule has 0 aromatic carbocycles. The van der Waals surface area contributed by atoms with Crippen molar-refractivity contribution >= 4 is 5.97 Å². The summed E-state index contributed by atoms with van der Waals surface area (Å²) in [6, 6.07) is 0. The molecule has 0 heterocycles. The smallest absolute Gasteiger partial charge is 0.330 e. The number of rotatable bonds is 2. The average Bonchev–Trinajstić information content (AvgIpc) is 2.25. The van der Waals surface area contributed by atoms with Crippen molar-refractivity contribution in [3.63, 3.8) is 0 Å². The highest BCUT2D eigenvalue weighted by molar-refractivity contribution is 5.82. The van der Waals surface area contributed by atoms with Gasteiger partial charge in [-0.3, -0.25) is 0 Å². The maximum Gasteiger partial charge on any atom is 0.330 e. The van der Waals surface area contributed by atoms with Crippen LogP contribution in [0.15, 0.2) is 11.6 Å². The van der Waals surface area contributed by atoms with E-state index in [-0.39, 0.29) is 12.8 Å². The number of carbonyl (C=O) groups is 1. The van der Waals surface area contributed by atoms with Crippen molar-refractivity contribution in [1.29, 1.82) is 0 Å². The molecular weight excluding hydrogens is 214 g/mol. The fourth-order valence-corrected chi connectivity index (χ4v) is 1.43. The molecule has 94 valence electrons. The highest BCUT2D eigenvalue weighted by Gasteiger charge is 2.32. The maximum absolute atomic E-state index is 12.7. The van der Waals surface area contributed by atoms with Crippen LogP contribution in [-0.4, -0.2) is 18.5 Å². The third-order valence-electron chi connectivity index (χ3n) is 2.23. The molecule has 1 fully saturated rings. The zero-order valence-corrected chi connectivity index (χ0v) is 10.2. The van der Waals surface area contributed by atoms with Crippen molar-refractivity contribution < 1.29 is 18.3 Å². The van der Waals surface area contributed by atoms with E-state index in [4.69, 9.17) is 4.74 Å². The van der Waals surface area contributed by atoms with Crippen LogP contribution in [0, 0.1) is 0 Å². The first kappa shape index (κ1) is 15.1. The van der Waals surface area contributed by atoms with Gasteiger partial charge in [-0.05, 0) is 19.8 Å². The highest BCUT2D eigenvalue weighted by atomic mass is 19.3. The van der Waals surface area contributed by atoms with Crippen LogP contribution < -0.4 is 0 Å². The Morgan fingerprint density at radius 3 is 2.31 bits per heavy atom. The van der Waals surface area contributed by atoms with Gasteiger partial charge < -0.3 is 4.74 Å². The summed E-state index contributed by atoms with van der Waals surface area (Å²) in [6.07, 6.45) is 1.63. The van der Waals surface area contributed by atoms with Gasteiger partial charge in [-0.2, -0.15) is 0 Å². The van der Waals surface area contributed by atoms with Crippen molar-refractivity contribution in [2.75, 3.05) is 6.61 Å². The minimum Gasteiger partial charge on any atom is -0.463 e. The summed E-state index contributed by atoms with van der Waals surface area (Å²) in [5.41, 5.74) is 0.773. The third kappa shape index (κ3) is 5.83. The Kier molecular flexibility index (Phi) is 6.93. The fourth-order valence-electron chi connectivity index (χ4n) is 1.43. The standard InChI is InChI=1S/C10H14F2O2.C2H6/c1-2-14-9(13)7-8-3-5-10(11,12)6-4-8;1-2/h7H,2-6H2,1H3;1-2H3. The summed E-state index contributed by atoms with van der Waals surface area (Å²) in [6.45, 7) is 6.03. The molecule has 0 amide bonds. The predicted octanol–water partition coefficient (Wildman–Crippen LogP) is 3.71. The zero-order chi connectivity index (χ0) is 12.6. The maximum atomic E-state index is 12.7. The second-order valence-corrected chi connectivity index (χ2v) is 3.41. The van der Waals surface area contributed by atoms with Crippen LogP contribution in [0.25, 0.3) is 0 Å². The minimum atomic E-state index is -2.55. The molecular formula is C12H20F2O2. The molecule has 4 heteroatoms. The SMILES string of the molecule is CC.CCOC(=O)C=C1CCC(F)(F)CC1. The second-order valence-electron chi connectivity index (χ2n) is 3.41. The first-order chi connectivity index (χ1) is 7.53. The molecule has 1 aliphatic carbocycles. The molecule has 0 saturated heterocycles. The van der Waals surface area contributed by atoms with Gasteiger partial charge in [0.25, 0.3) is 0 Å². The van der Waals surface area contributed by atoms with Crippen molar-refractivity contribution in [2.45, 2.75) is 52.4 Å². The third-order valence-corrected chi connectivity index (χ3v) is 2.23. The van der Waals surface area contributed by atoms with E-state index in [1.54, 1.807) is 6.92 Å². The van der Waals surface area contributed by atoms with E-state index >= 15 is 0 Å². The largest absolute Gasteiger partial charge is 0.463 e. The van der Waals surface area contributed by atoms with Gasteiger partial charge in [-0.15, -0.1) is 0 Å². The van der Waals surface area contributed by atoms with Crippen molar-refractivity contribution in [1.82, 2.24) is 0 Å². The summed E-state index contributed by atoms with van der Waals surface area (Å²) in [5, 5.41) is 0. The van der Waals surface area contributed by atoms with E-state index < -0.39 is 11.9 Å². The lowest BCUT2D eigenvalue weighted by Gasteiger charge is -2.23. The molecule has 0 radical (unpaired) electrons. The van der Waals surface area contributed by atoms with Gasteiger partial charge in [0.15, 0.2) is 0 Å². The Morgan fingerprint density at radius 1 is 1.38 bits per heavy atom. The molecule has 16 heavy (non-hydrogen) atoms. The lowest BCUT2D eigenvalue weighted by molar-refractivity contribution is -0.137. The van der Waals surface area contributed by atoms with Gasteiger partial charge in [0.2, 0.25) is 5.92 Å². The molecule has 1 aliphatic rings. The molecule has 2 nitrogen and oxygen atoms in total. The fraction of sp³-hybridized carbons (Fsp3) is 0.750. The predicted molar refractivity (Wildman–Crippen MR) is 59.5 cm³/mol. The van der Waals surface area contributed by atoms with Crippen LogP contribution in [0.5, 0.6) is 0 Å². The Hall–Kier alpha value is -0.930. The van der Waals surface area contributed by atoms with Crippen molar-refractivity contribution in [3.8, 4) is 0 Å². The van der Waals surface area contributed by atoms with Crippen LogP contribution >= 0.6 is 0 Å². The minimum absolute atomic E-state index is 0.155. The molecule has 1 rings (SSSR count). The lowest BCUT2D eigenvalue weighted by Crippen LogP contribution is -2.21. The number of esters is 1. The lowest BCUT2D eigenvalue weighted by atomic mass is 9.92. The number of hydrogen-bond donors (Lipinski definition) is 0. The Morgan fingerprint density at radius 2 is 1.88 bits per heavy atom. The van der Waals surface area contributed by atoms with Crippen molar-refractivity contribution in [3.05, 3.63) is 11.6 Å². The molecule has 0 atom stereocenters. The van der Waals surface area contributed by atoms with Gasteiger partial charge in [-0.25, -0.2) is 13.6 Å². The quantitative estimate of drug-likeness (QED) is 0.537. The van der Waals surface area contributed by atoms with E-state index in [1.165, 1.54) is 6.08 Å². The topological polar surface area (TPSA) is 26.3 Å².